The van der Waals surface area contributed by atoms with Gasteiger partial charge >= 0.3 is 0 Å². The molecule has 3 rings (SSSR count). The Labute approximate surface area is 138 Å². The maximum atomic E-state index is 13.6. The molecule has 1 heterocycles. The van der Waals surface area contributed by atoms with Crippen LogP contribution in [0.1, 0.15) is 9.67 Å². The number of hydrogen-bond donors (Lipinski definition) is 1. The van der Waals surface area contributed by atoms with Crippen LogP contribution in [-0.2, 0) is 0 Å². The minimum absolute atomic E-state index is 0.113. The third kappa shape index (κ3) is 2.79. The summed E-state index contributed by atoms with van der Waals surface area (Å²) in [4.78, 5) is 12.5. The standard InChI is InChI=1S/C15H7Cl2F2NOS/c16-7-1-3-9-12(5-7)22-14(13(9)17)15(21)20-11-4-2-8(18)6-10(11)19/h1-6H,(H,20,21). The number of carbonyl (C=O) groups is 1. The molecule has 1 amide bonds. The van der Waals surface area contributed by atoms with Crippen molar-refractivity contribution in [1.29, 1.82) is 0 Å². The Morgan fingerprint density at radius 1 is 1.09 bits per heavy atom. The van der Waals surface area contributed by atoms with Crippen molar-refractivity contribution in [2.45, 2.75) is 0 Å². The quantitative estimate of drug-likeness (QED) is 0.622. The predicted octanol–water partition coefficient (Wildman–Crippen LogP) is 5.74. The number of rotatable bonds is 2. The Bertz CT molecular complexity index is 895. The van der Waals surface area contributed by atoms with Gasteiger partial charge in [0.25, 0.3) is 5.91 Å². The highest BCUT2D eigenvalue weighted by molar-refractivity contribution is 7.21. The summed E-state index contributed by atoms with van der Waals surface area (Å²) in [6, 6.07) is 7.99. The maximum absolute atomic E-state index is 13.6. The Morgan fingerprint density at radius 3 is 2.59 bits per heavy atom. The molecule has 0 unspecified atom stereocenters. The number of amides is 1. The van der Waals surface area contributed by atoms with Gasteiger partial charge in [-0.2, -0.15) is 0 Å². The molecule has 0 aliphatic heterocycles. The van der Waals surface area contributed by atoms with E-state index in [1.54, 1.807) is 18.2 Å². The molecule has 22 heavy (non-hydrogen) atoms. The van der Waals surface area contributed by atoms with E-state index in [0.717, 1.165) is 28.2 Å². The summed E-state index contributed by atoms with van der Waals surface area (Å²) in [5.74, 6) is -2.13. The second-order valence-corrected chi connectivity index (χ2v) is 6.33. The molecule has 0 radical (unpaired) electrons. The average molecular weight is 358 g/mol. The molecule has 0 atom stereocenters. The van der Waals surface area contributed by atoms with Gasteiger partial charge < -0.3 is 5.32 Å². The second kappa shape index (κ2) is 5.83. The number of nitrogens with one attached hydrogen (secondary N) is 1. The molecule has 3 aromatic rings. The lowest BCUT2D eigenvalue weighted by Gasteiger charge is -2.05. The van der Waals surface area contributed by atoms with Gasteiger partial charge in [-0.3, -0.25) is 4.79 Å². The zero-order valence-electron chi connectivity index (χ0n) is 10.8. The van der Waals surface area contributed by atoms with E-state index in [0.29, 0.717) is 16.5 Å². The van der Waals surface area contributed by atoms with E-state index in [9.17, 15) is 13.6 Å². The Morgan fingerprint density at radius 2 is 1.86 bits per heavy atom. The molecule has 1 aromatic heterocycles. The maximum Gasteiger partial charge on any atom is 0.267 e. The molecule has 2 nitrogen and oxygen atoms in total. The van der Waals surface area contributed by atoms with Crippen molar-refractivity contribution in [2.75, 3.05) is 5.32 Å². The van der Waals surface area contributed by atoms with E-state index in [1.807, 2.05) is 0 Å². The number of fused-ring (bicyclic) bond motifs is 1. The minimum Gasteiger partial charge on any atom is -0.319 e. The van der Waals surface area contributed by atoms with Gasteiger partial charge in [-0.1, -0.05) is 29.3 Å². The highest BCUT2D eigenvalue weighted by Crippen LogP contribution is 2.37. The van der Waals surface area contributed by atoms with Gasteiger partial charge in [0.1, 0.15) is 16.5 Å². The normalized spacial score (nSPS) is 10.9. The molecule has 0 bridgehead atoms. The fourth-order valence-electron chi connectivity index (χ4n) is 1.95. The molecular weight excluding hydrogens is 351 g/mol. The first-order chi connectivity index (χ1) is 10.5. The van der Waals surface area contributed by atoms with Crippen LogP contribution in [0, 0.1) is 11.6 Å². The van der Waals surface area contributed by atoms with Crippen LogP contribution >= 0.6 is 34.5 Å². The van der Waals surface area contributed by atoms with E-state index < -0.39 is 17.5 Å². The smallest absolute Gasteiger partial charge is 0.267 e. The summed E-state index contributed by atoms with van der Waals surface area (Å²) < 4.78 is 27.2. The van der Waals surface area contributed by atoms with Gasteiger partial charge in [0.2, 0.25) is 0 Å². The van der Waals surface area contributed by atoms with Crippen LogP contribution in [0.25, 0.3) is 10.1 Å². The third-order valence-corrected chi connectivity index (χ3v) is 4.87. The monoisotopic (exact) mass is 357 g/mol. The van der Waals surface area contributed by atoms with Crippen molar-refractivity contribution in [3.8, 4) is 0 Å². The molecule has 0 aliphatic rings. The molecule has 0 spiro atoms. The molecule has 0 aliphatic carbocycles. The zero-order chi connectivity index (χ0) is 15.9. The highest BCUT2D eigenvalue weighted by Gasteiger charge is 2.18. The van der Waals surface area contributed by atoms with Crippen molar-refractivity contribution in [2.24, 2.45) is 0 Å². The van der Waals surface area contributed by atoms with Crippen molar-refractivity contribution >= 4 is 56.2 Å². The molecule has 2 aromatic carbocycles. The fourth-order valence-corrected chi connectivity index (χ4v) is 3.64. The van der Waals surface area contributed by atoms with Crippen LogP contribution in [-0.4, -0.2) is 5.91 Å². The lowest BCUT2D eigenvalue weighted by atomic mass is 10.2. The van der Waals surface area contributed by atoms with E-state index >= 15 is 0 Å². The predicted molar refractivity (Wildman–Crippen MR) is 86.2 cm³/mol. The number of benzene rings is 2. The molecule has 7 heteroatoms. The summed E-state index contributed by atoms with van der Waals surface area (Å²) >= 11 is 13.2. The van der Waals surface area contributed by atoms with E-state index in [2.05, 4.69) is 5.32 Å². The third-order valence-electron chi connectivity index (χ3n) is 2.98. The number of halogens is 4. The topological polar surface area (TPSA) is 29.1 Å². The Balaban J connectivity index is 1.97. The molecule has 0 fully saturated rings. The van der Waals surface area contributed by atoms with E-state index in [1.165, 1.54) is 0 Å². The fraction of sp³-hybridized carbons (Fsp3) is 0. The first-order valence-corrected chi connectivity index (χ1v) is 7.67. The van der Waals surface area contributed by atoms with Crippen molar-refractivity contribution in [3.05, 3.63) is 63.0 Å². The second-order valence-electron chi connectivity index (χ2n) is 4.46. The molecule has 112 valence electrons. The van der Waals surface area contributed by atoms with Crippen LogP contribution in [0.15, 0.2) is 36.4 Å². The van der Waals surface area contributed by atoms with Gasteiger partial charge in [0, 0.05) is 21.2 Å². The van der Waals surface area contributed by atoms with Gasteiger partial charge in [-0.15, -0.1) is 11.3 Å². The van der Waals surface area contributed by atoms with Crippen molar-refractivity contribution in [3.63, 3.8) is 0 Å². The number of thiophene rings is 1. The molecular formula is C15H7Cl2F2NOS. The van der Waals surface area contributed by atoms with Gasteiger partial charge in [0.05, 0.1) is 10.7 Å². The minimum atomic E-state index is -0.853. The zero-order valence-corrected chi connectivity index (χ0v) is 13.1. The van der Waals surface area contributed by atoms with Crippen LogP contribution in [0.4, 0.5) is 14.5 Å². The largest absolute Gasteiger partial charge is 0.319 e. The first-order valence-electron chi connectivity index (χ1n) is 6.09. The van der Waals surface area contributed by atoms with Crippen LogP contribution in [0.5, 0.6) is 0 Å². The lowest BCUT2D eigenvalue weighted by molar-refractivity contribution is 0.103. The number of hydrogen-bond acceptors (Lipinski definition) is 2. The van der Waals surface area contributed by atoms with Crippen LogP contribution in [0.2, 0.25) is 10.0 Å². The van der Waals surface area contributed by atoms with Gasteiger partial charge in [0.15, 0.2) is 0 Å². The summed E-state index contributed by atoms with van der Waals surface area (Å²) in [5, 5.41) is 3.88. The SMILES string of the molecule is O=C(Nc1ccc(F)cc1F)c1sc2cc(Cl)ccc2c1Cl. The summed E-state index contributed by atoms with van der Waals surface area (Å²) in [7, 11) is 0. The Kier molecular flexibility index (Phi) is 4.04. The van der Waals surface area contributed by atoms with E-state index in [-0.39, 0.29) is 15.6 Å². The average Bonchev–Trinajstić information content (AvgIpc) is 2.78. The summed E-state index contributed by atoms with van der Waals surface area (Å²) in [6.45, 7) is 0. The number of anilines is 1. The Hall–Kier alpha value is -1.69. The first kappa shape index (κ1) is 15.2. The highest BCUT2D eigenvalue weighted by atomic mass is 35.5. The van der Waals surface area contributed by atoms with Gasteiger partial charge in [-0.05, 0) is 24.3 Å². The molecule has 1 N–H and O–H groups in total. The molecule has 0 saturated heterocycles. The van der Waals surface area contributed by atoms with Gasteiger partial charge in [-0.25, -0.2) is 8.78 Å². The van der Waals surface area contributed by atoms with Crippen molar-refractivity contribution < 1.29 is 13.6 Å². The van der Waals surface area contributed by atoms with E-state index in [4.69, 9.17) is 23.2 Å². The number of carbonyl (C=O) groups excluding carboxylic acids is 1. The molecule has 0 saturated carbocycles. The van der Waals surface area contributed by atoms with Crippen LogP contribution in [0.3, 0.4) is 0 Å². The van der Waals surface area contributed by atoms with Crippen LogP contribution < -0.4 is 5.32 Å². The lowest BCUT2D eigenvalue weighted by Crippen LogP contribution is -2.12. The summed E-state index contributed by atoms with van der Waals surface area (Å²) in [6.07, 6.45) is 0. The van der Waals surface area contributed by atoms with Crippen molar-refractivity contribution in [1.82, 2.24) is 0 Å². The summed E-state index contributed by atoms with van der Waals surface area (Å²) in [5.41, 5.74) is -0.113.